The summed E-state index contributed by atoms with van der Waals surface area (Å²) in [7, 11) is 0. The van der Waals surface area contributed by atoms with Gasteiger partial charge in [0.2, 0.25) is 0 Å². The molecule has 0 saturated heterocycles. The first-order chi connectivity index (χ1) is 7.26. The van der Waals surface area contributed by atoms with Crippen molar-refractivity contribution in [2.45, 2.75) is 32.6 Å². The summed E-state index contributed by atoms with van der Waals surface area (Å²) in [5.41, 5.74) is 2.42. The van der Waals surface area contributed by atoms with E-state index >= 15 is 0 Å². The number of benzene rings is 1. The Morgan fingerprint density at radius 3 is 2.33 bits per heavy atom. The molecule has 1 rings (SSSR count). The largest absolute Gasteiger partial charge is 0.299 e. The van der Waals surface area contributed by atoms with E-state index in [-0.39, 0.29) is 5.78 Å². The van der Waals surface area contributed by atoms with Crippen LogP contribution in [-0.2, 0) is 17.6 Å². The second-order valence-electron chi connectivity index (χ2n) is 3.68. The number of aryl methyl sites for hydroxylation is 1. The Morgan fingerprint density at radius 2 is 1.80 bits per heavy atom. The lowest BCUT2D eigenvalue weighted by atomic mass is 10.0. The third kappa shape index (κ3) is 4.48. The van der Waals surface area contributed by atoms with Gasteiger partial charge in [0.1, 0.15) is 5.78 Å². The normalized spacial score (nSPS) is 10.3. The van der Waals surface area contributed by atoms with Gasteiger partial charge in [0.25, 0.3) is 0 Å². The summed E-state index contributed by atoms with van der Waals surface area (Å²) in [6, 6.07) is 8.25. The summed E-state index contributed by atoms with van der Waals surface area (Å²) in [6.45, 7) is 2.13. The Labute approximate surface area is 96.5 Å². The molecule has 82 valence electrons. The maximum atomic E-state index is 11.5. The molecule has 0 spiro atoms. The van der Waals surface area contributed by atoms with Gasteiger partial charge in [-0.2, -0.15) is 0 Å². The average Bonchev–Trinajstić information content (AvgIpc) is 2.27. The standard InChI is InChI=1S/C13H17ClO/c1-2-11-5-7-12(8-6-11)10-13(15)4-3-9-14/h5-8H,2-4,9-10H2,1H3. The molecule has 0 aliphatic carbocycles. The molecule has 0 amide bonds. The third-order valence-corrected chi connectivity index (χ3v) is 2.69. The SMILES string of the molecule is CCc1ccc(CC(=O)CCCCl)cc1. The van der Waals surface area contributed by atoms with E-state index in [1.807, 2.05) is 12.1 Å². The minimum atomic E-state index is 0.278. The van der Waals surface area contributed by atoms with E-state index in [9.17, 15) is 4.79 Å². The van der Waals surface area contributed by atoms with E-state index in [0.29, 0.717) is 18.7 Å². The van der Waals surface area contributed by atoms with Crippen molar-refractivity contribution in [1.29, 1.82) is 0 Å². The molecule has 0 saturated carbocycles. The molecule has 1 aromatic carbocycles. The number of alkyl halides is 1. The molecule has 0 fully saturated rings. The number of ketones is 1. The lowest BCUT2D eigenvalue weighted by molar-refractivity contribution is -0.118. The highest BCUT2D eigenvalue weighted by molar-refractivity contribution is 6.17. The summed E-state index contributed by atoms with van der Waals surface area (Å²) in [6.07, 6.45) is 2.97. The number of carbonyl (C=O) groups excluding carboxylic acids is 1. The zero-order chi connectivity index (χ0) is 11.1. The summed E-state index contributed by atoms with van der Waals surface area (Å²) >= 11 is 5.54. The zero-order valence-corrected chi connectivity index (χ0v) is 9.89. The monoisotopic (exact) mass is 224 g/mol. The number of hydrogen-bond acceptors (Lipinski definition) is 1. The maximum Gasteiger partial charge on any atom is 0.137 e. The van der Waals surface area contributed by atoms with Gasteiger partial charge in [-0.15, -0.1) is 11.6 Å². The van der Waals surface area contributed by atoms with Gasteiger partial charge in [-0.1, -0.05) is 31.2 Å². The molecule has 15 heavy (non-hydrogen) atoms. The van der Waals surface area contributed by atoms with E-state index in [1.54, 1.807) is 0 Å². The molecule has 1 aromatic rings. The van der Waals surface area contributed by atoms with E-state index in [1.165, 1.54) is 5.56 Å². The second kappa shape index (κ2) is 6.62. The fraction of sp³-hybridized carbons (Fsp3) is 0.462. The van der Waals surface area contributed by atoms with Crippen LogP contribution in [-0.4, -0.2) is 11.7 Å². The van der Waals surface area contributed by atoms with Crippen molar-refractivity contribution < 1.29 is 4.79 Å². The Balaban J connectivity index is 2.46. The quantitative estimate of drug-likeness (QED) is 0.677. The summed E-state index contributed by atoms with van der Waals surface area (Å²) < 4.78 is 0. The van der Waals surface area contributed by atoms with Gasteiger partial charge in [-0.3, -0.25) is 4.79 Å². The van der Waals surface area contributed by atoms with Crippen LogP contribution >= 0.6 is 11.6 Å². The van der Waals surface area contributed by atoms with E-state index in [2.05, 4.69) is 19.1 Å². The van der Waals surface area contributed by atoms with Crippen LogP contribution in [0.1, 0.15) is 30.9 Å². The number of carbonyl (C=O) groups is 1. The molecular weight excluding hydrogens is 208 g/mol. The van der Waals surface area contributed by atoms with Crippen LogP contribution in [0.25, 0.3) is 0 Å². The van der Waals surface area contributed by atoms with Crippen molar-refractivity contribution in [3.8, 4) is 0 Å². The molecule has 2 heteroatoms. The highest BCUT2D eigenvalue weighted by atomic mass is 35.5. The van der Waals surface area contributed by atoms with Crippen LogP contribution in [0.2, 0.25) is 0 Å². The molecule has 0 atom stereocenters. The van der Waals surface area contributed by atoms with Crippen molar-refractivity contribution in [2.75, 3.05) is 5.88 Å². The van der Waals surface area contributed by atoms with E-state index in [4.69, 9.17) is 11.6 Å². The Hall–Kier alpha value is -0.820. The topological polar surface area (TPSA) is 17.1 Å². The Morgan fingerprint density at radius 1 is 1.20 bits per heavy atom. The zero-order valence-electron chi connectivity index (χ0n) is 9.13. The van der Waals surface area contributed by atoms with Crippen molar-refractivity contribution >= 4 is 17.4 Å². The summed E-state index contributed by atoms with van der Waals surface area (Å²) in [5, 5.41) is 0. The highest BCUT2D eigenvalue weighted by Crippen LogP contribution is 2.07. The fourth-order valence-corrected chi connectivity index (χ4v) is 1.61. The summed E-state index contributed by atoms with van der Waals surface area (Å²) in [4.78, 5) is 11.5. The van der Waals surface area contributed by atoms with Gasteiger partial charge in [-0.05, 0) is 24.0 Å². The molecule has 0 aliphatic rings. The van der Waals surface area contributed by atoms with Gasteiger partial charge < -0.3 is 0 Å². The average molecular weight is 225 g/mol. The van der Waals surface area contributed by atoms with Crippen LogP contribution in [0.4, 0.5) is 0 Å². The fourth-order valence-electron chi connectivity index (χ4n) is 1.47. The van der Waals surface area contributed by atoms with Crippen molar-refractivity contribution in [1.82, 2.24) is 0 Å². The van der Waals surface area contributed by atoms with Crippen LogP contribution in [0.15, 0.2) is 24.3 Å². The van der Waals surface area contributed by atoms with E-state index in [0.717, 1.165) is 18.4 Å². The molecule has 0 radical (unpaired) electrons. The predicted molar refractivity (Wildman–Crippen MR) is 64.5 cm³/mol. The Kier molecular flexibility index (Phi) is 5.41. The van der Waals surface area contributed by atoms with Crippen LogP contribution in [0.3, 0.4) is 0 Å². The first-order valence-electron chi connectivity index (χ1n) is 5.41. The molecule has 0 heterocycles. The number of rotatable bonds is 6. The molecule has 0 aromatic heterocycles. The lowest BCUT2D eigenvalue weighted by Crippen LogP contribution is -2.02. The summed E-state index contributed by atoms with van der Waals surface area (Å²) in [5.74, 6) is 0.848. The van der Waals surface area contributed by atoms with Crippen molar-refractivity contribution in [3.63, 3.8) is 0 Å². The molecule has 0 unspecified atom stereocenters. The highest BCUT2D eigenvalue weighted by Gasteiger charge is 2.02. The maximum absolute atomic E-state index is 11.5. The van der Waals surface area contributed by atoms with Crippen molar-refractivity contribution in [2.24, 2.45) is 0 Å². The van der Waals surface area contributed by atoms with Gasteiger partial charge in [0.05, 0.1) is 0 Å². The minimum Gasteiger partial charge on any atom is -0.299 e. The minimum absolute atomic E-state index is 0.278. The van der Waals surface area contributed by atoms with E-state index < -0.39 is 0 Å². The molecule has 0 aliphatic heterocycles. The van der Waals surface area contributed by atoms with Crippen LogP contribution < -0.4 is 0 Å². The molecule has 1 nitrogen and oxygen atoms in total. The van der Waals surface area contributed by atoms with Crippen LogP contribution in [0.5, 0.6) is 0 Å². The predicted octanol–water partition coefficient (Wildman–Crippen LogP) is 3.38. The van der Waals surface area contributed by atoms with Crippen molar-refractivity contribution in [3.05, 3.63) is 35.4 Å². The third-order valence-electron chi connectivity index (χ3n) is 2.42. The lowest BCUT2D eigenvalue weighted by Gasteiger charge is -2.01. The number of halogens is 1. The Bertz CT molecular complexity index is 303. The van der Waals surface area contributed by atoms with Gasteiger partial charge in [0.15, 0.2) is 0 Å². The number of Topliss-reactive ketones (excluding diaryl/α,β-unsaturated/α-hetero) is 1. The molecule has 0 bridgehead atoms. The van der Waals surface area contributed by atoms with Gasteiger partial charge in [0, 0.05) is 18.7 Å². The number of hydrogen-bond donors (Lipinski definition) is 0. The first kappa shape index (κ1) is 12.3. The second-order valence-corrected chi connectivity index (χ2v) is 4.06. The molecular formula is C13H17ClO. The first-order valence-corrected chi connectivity index (χ1v) is 5.95. The van der Waals surface area contributed by atoms with Crippen LogP contribution in [0, 0.1) is 0 Å². The smallest absolute Gasteiger partial charge is 0.137 e. The molecule has 0 N–H and O–H groups in total. The van der Waals surface area contributed by atoms with Gasteiger partial charge >= 0.3 is 0 Å². The van der Waals surface area contributed by atoms with Gasteiger partial charge in [-0.25, -0.2) is 0 Å².